The number of allylic oxidation sites excluding steroid dienone is 2. The first-order valence-corrected chi connectivity index (χ1v) is 7.05. The quantitative estimate of drug-likeness (QED) is 0.677. The zero-order valence-electron chi connectivity index (χ0n) is 11.1. The zero-order chi connectivity index (χ0) is 13.1. The molecule has 102 valence electrons. The molecule has 4 aliphatic rings. The third-order valence-corrected chi connectivity index (χ3v) is 4.84. The number of carbonyl (C=O) groups excluding carboxylic acids is 1. The predicted octanol–water partition coefficient (Wildman–Crippen LogP) is 1.89. The summed E-state index contributed by atoms with van der Waals surface area (Å²) < 4.78 is 17.9. The molecule has 4 nitrogen and oxygen atoms in total. The Morgan fingerprint density at radius 2 is 2.11 bits per heavy atom. The van der Waals surface area contributed by atoms with Crippen molar-refractivity contribution < 1.29 is 19.0 Å². The molecule has 0 aromatic carbocycles. The summed E-state index contributed by atoms with van der Waals surface area (Å²) in [4.78, 5) is 11.6. The summed E-state index contributed by atoms with van der Waals surface area (Å²) in [6.07, 6.45) is 10.7. The van der Waals surface area contributed by atoms with E-state index in [0.717, 1.165) is 18.4 Å². The molecule has 0 amide bonds. The molecule has 0 bridgehead atoms. The Kier molecular flexibility index (Phi) is 2.35. The van der Waals surface area contributed by atoms with Gasteiger partial charge in [-0.1, -0.05) is 19.3 Å². The smallest absolute Gasteiger partial charge is 0.214 e. The Hall–Kier alpha value is -0.970. The monoisotopic (exact) mass is 262 g/mol. The molecule has 3 fully saturated rings. The number of carbonyl (C=O) groups is 1. The number of rotatable bonds is 1. The highest BCUT2D eigenvalue weighted by Gasteiger charge is 2.67. The highest BCUT2D eigenvalue weighted by Crippen LogP contribution is 2.56. The standard InChI is InChI=1S/C15H18O4/c1-17-15-8-5-10(16)9-11(15)12-13(18-12)14(19-15)6-3-2-4-7-14/h5,8-9,12-13H,2-4,6-7H2,1H3/t12-,13-,15+/m1/s1. The summed E-state index contributed by atoms with van der Waals surface area (Å²) in [5.41, 5.74) is 0.616. The van der Waals surface area contributed by atoms with Crippen LogP contribution in [0.15, 0.2) is 23.8 Å². The largest absolute Gasteiger partial charge is 0.361 e. The fraction of sp³-hybridized carbons (Fsp3) is 0.667. The lowest BCUT2D eigenvalue weighted by Gasteiger charge is -2.47. The van der Waals surface area contributed by atoms with Crippen molar-refractivity contribution >= 4 is 5.78 Å². The zero-order valence-corrected chi connectivity index (χ0v) is 11.1. The normalized spacial score (nSPS) is 42.6. The van der Waals surface area contributed by atoms with Crippen LogP contribution in [0, 0.1) is 0 Å². The van der Waals surface area contributed by atoms with Gasteiger partial charge in [0.05, 0.1) is 0 Å². The molecule has 4 rings (SSSR count). The van der Waals surface area contributed by atoms with Gasteiger partial charge in [0, 0.05) is 12.7 Å². The van der Waals surface area contributed by atoms with E-state index >= 15 is 0 Å². The maximum Gasteiger partial charge on any atom is 0.214 e. The molecule has 0 radical (unpaired) electrons. The maximum atomic E-state index is 11.6. The van der Waals surface area contributed by atoms with Crippen molar-refractivity contribution in [1.29, 1.82) is 0 Å². The highest BCUT2D eigenvalue weighted by atomic mass is 16.7. The number of ether oxygens (including phenoxy) is 3. The van der Waals surface area contributed by atoms with Gasteiger partial charge in [-0.05, 0) is 31.1 Å². The minimum absolute atomic E-state index is 0.000648. The first kappa shape index (κ1) is 11.8. The second-order valence-electron chi connectivity index (χ2n) is 5.91. The number of ketones is 1. The number of hydrogen-bond acceptors (Lipinski definition) is 4. The lowest BCUT2D eigenvalue weighted by molar-refractivity contribution is -0.252. The van der Waals surface area contributed by atoms with E-state index in [0.29, 0.717) is 0 Å². The van der Waals surface area contributed by atoms with Gasteiger partial charge in [-0.3, -0.25) is 4.79 Å². The van der Waals surface area contributed by atoms with Crippen molar-refractivity contribution in [2.75, 3.05) is 7.11 Å². The van der Waals surface area contributed by atoms with Crippen LogP contribution in [0.4, 0.5) is 0 Å². The molecule has 2 saturated heterocycles. The van der Waals surface area contributed by atoms with Gasteiger partial charge < -0.3 is 14.2 Å². The lowest BCUT2D eigenvalue weighted by atomic mass is 9.76. The third kappa shape index (κ3) is 1.54. The van der Waals surface area contributed by atoms with Gasteiger partial charge in [-0.15, -0.1) is 0 Å². The second-order valence-corrected chi connectivity index (χ2v) is 5.91. The van der Waals surface area contributed by atoms with Gasteiger partial charge in [0.1, 0.15) is 17.8 Å². The van der Waals surface area contributed by atoms with Crippen LogP contribution in [0.2, 0.25) is 0 Å². The summed E-state index contributed by atoms with van der Waals surface area (Å²) >= 11 is 0. The van der Waals surface area contributed by atoms with Gasteiger partial charge >= 0.3 is 0 Å². The van der Waals surface area contributed by atoms with E-state index in [1.807, 2.05) is 0 Å². The topological polar surface area (TPSA) is 48.1 Å². The van der Waals surface area contributed by atoms with E-state index in [1.54, 1.807) is 19.3 Å². The van der Waals surface area contributed by atoms with Crippen molar-refractivity contribution in [2.24, 2.45) is 0 Å². The van der Waals surface area contributed by atoms with Gasteiger partial charge in [0.25, 0.3) is 0 Å². The Morgan fingerprint density at radius 3 is 2.84 bits per heavy atom. The number of methoxy groups -OCH3 is 1. The molecular formula is C15H18O4. The summed E-state index contributed by atoms with van der Waals surface area (Å²) in [5, 5.41) is 0. The van der Waals surface area contributed by atoms with Gasteiger partial charge in [0.2, 0.25) is 5.79 Å². The van der Waals surface area contributed by atoms with E-state index in [2.05, 4.69) is 0 Å². The Balaban J connectivity index is 1.75. The average Bonchev–Trinajstić information content (AvgIpc) is 3.23. The summed E-state index contributed by atoms with van der Waals surface area (Å²) in [7, 11) is 1.63. The van der Waals surface area contributed by atoms with Crippen LogP contribution >= 0.6 is 0 Å². The van der Waals surface area contributed by atoms with Crippen LogP contribution < -0.4 is 0 Å². The minimum atomic E-state index is -0.886. The van der Waals surface area contributed by atoms with Crippen molar-refractivity contribution in [3.8, 4) is 0 Å². The van der Waals surface area contributed by atoms with Crippen molar-refractivity contribution in [3.63, 3.8) is 0 Å². The van der Waals surface area contributed by atoms with Crippen LogP contribution in [0.5, 0.6) is 0 Å². The van der Waals surface area contributed by atoms with Crippen molar-refractivity contribution in [1.82, 2.24) is 0 Å². The molecule has 0 unspecified atom stereocenters. The Bertz CT molecular complexity index is 486. The Morgan fingerprint density at radius 1 is 1.32 bits per heavy atom. The molecule has 1 saturated carbocycles. The fourth-order valence-electron chi connectivity index (χ4n) is 3.84. The summed E-state index contributed by atoms with van der Waals surface area (Å²) in [5.74, 6) is -0.900. The van der Waals surface area contributed by atoms with E-state index in [9.17, 15) is 4.79 Å². The molecule has 0 aromatic rings. The van der Waals surface area contributed by atoms with Crippen LogP contribution in [-0.4, -0.2) is 36.5 Å². The lowest BCUT2D eigenvalue weighted by Crippen LogP contribution is -2.56. The second kappa shape index (κ2) is 3.78. The van der Waals surface area contributed by atoms with Crippen LogP contribution in [-0.2, 0) is 19.0 Å². The summed E-state index contributed by atoms with van der Waals surface area (Å²) in [6.45, 7) is 0. The maximum absolute atomic E-state index is 11.6. The molecular weight excluding hydrogens is 244 g/mol. The SMILES string of the molecule is CO[C@]12C=CC(=O)C=C1[C@H]1O[C@H]1C1(CCCCC1)O2. The molecule has 19 heavy (non-hydrogen) atoms. The van der Waals surface area contributed by atoms with Gasteiger partial charge in [0.15, 0.2) is 5.78 Å². The van der Waals surface area contributed by atoms with Gasteiger partial charge in [-0.25, -0.2) is 0 Å². The molecule has 2 aliphatic carbocycles. The Labute approximate surface area is 112 Å². The molecule has 1 spiro atoms. The third-order valence-electron chi connectivity index (χ3n) is 4.84. The van der Waals surface area contributed by atoms with E-state index in [4.69, 9.17) is 14.2 Å². The molecule has 2 heterocycles. The average molecular weight is 262 g/mol. The molecule has 0 aromatic heterocycles. The molecule has 3 atom stereocenters. The predicted molar refractivity (Wildman–Crippen MR) is 67.5 cm³/mol. The van der Waals surface area contributed by atoms with E-state index < -0.39 is 5.79 Å². The number of hydrogen-bond donors (Lipinski definition) is 0. The van der Waals surface area contributed by atoms with Gasteiger partial charge in [-0.2, -0.15) is 0 Å². The first-order chi connectivity index (χ1) is 9.19. The number of epoxide rings is 1. The van der Waals surface area contributed by atoms with Crippen molar-refractivity contribution in [2.45, 2.75) is 55.7 Å². The van der Waals surface area contributed by atoms with Crippen LogP contribution in [0.3, 0.4) is 0 Å². The number of fused-ring (bicyclic) bond motifs is 4. The summed E-state index contributed by atoms with van der Waals surface area (Å²) in [6, 6.07) is 0. The van der Waals surface area contributed by atoms with E-state index in [-0.39, 0.29) is 23.6 Å². The fourth-order valence-corrected chi connectivity index (χ4v) is 3.84. The van der Waals surface area contributed by atoms with Crippen LogP contribution in [0.25, 0.3) is 0 Å². The van der Waals surface area contributed by atoms with Crippen LogP contribution in [0.1, 0.15) is 32.1 Å². The van der Waals surface area contributed by atoms with Crippen molar-refractivity contribution in [3.05, 3.63) is 23.8 Å². The highest BCUT2D eigenvalue weighted by molar-refractivity contribution is 6.01. The molecule has 0 N–H and O–H groups in total. The minimum Gasteiger partial charge on any atom is -0.361 e. The first-order valence-electron chi connectivity index (χ1n) is 7.05. The molecule has 4 heteroatoms. The van der Waals surface area contributed by atoms with E-state index in [1.165, 1.54) is 25.3 Å². The molecule has 2 aliphatic heterocycles.